The minimum Gasteiger partial charge on any atom is -0.504 e. The van der Waals surface area contributed by atoms with Gasteiger partial charge in [0.05, 0.1) is 0 Å². The summed E-state index contributed by atoms with van der Waals surface area (Å²) in [7, 11) is 0. The lowest BCUT2D eigenvalue weighted by Gasteiger charge is -2.16. The van der Waals surface area contributed by atoms with E-state index in [1.807, 2.05) is 0 Å². The number of benzene rings is 1. The first-order valence-electron chi connectivity index (χ1n) is 6.46. The molecule has 1 fully saturated rings. The van der Waals surface area contributed by atoms with E-state index < -0.39 is 5.97 Å². The molecule has 108 valence electrons. The molecular weight excluding hydrogens is 262 g/mol. The van der Waals surface area contributed by atoms with Crippen LogP contribution in [0.25, 0.3) is 0 Å². The van der Waals surface area contributed by atoms with Crippen LogP contribution in [0, 0.1) is 5.92 Å². The molecule has 6 nitrogen and oxygen atoms in total. The second kappa shape index (κ2) is 6.27. The molecule has 1 unspecified atom stereocenters. The third-order valence-corrected chi connectivity index (χ3v) is 3.32. The van der Waals surface area contributed by atoms with Crippen molar-refractivity contribution in [2.45, 2.75) is 12.8 Å². The van der Waals surface area contributed by atoms with Gasteiger partial charge in [-0.15, -0.1) is 0 Å². The summed E-state index contributed by atoms with van der Waals surface area (Å²) in [5, 5.41) is 18.2. The van der Waals surface area contributed by atoms with E-state index in [1.54, 1.807) is 23.1 Å². The highest BCUT2D eigenvalue weighted by Crippen LogP contribution is 2.25. The number of aromatic hydroxyl groups is 1. The van der Waals surface area contributed by atoms with Crippen LogP contribution in [-0.4, -0.2) is 46.7 Å². The van der Waals surface area contributed by atoms with Crippen molar-refractivity contribution in [2.75, 3.05) is 19.7 Å². The molecule has 2 rings (SSSR count). The Morgan fingerprint density at radius 2 is 2.10 bits per heavy atom. The predicted molar refractivity (Wildman–Crippen MR) is 70.5 cm³/mol. The number of carboxylic acid groups (broad SMARTS) is 1. The van der Waals surface area contributed by atoms with E-state index in [1.165, 1.54) is 6.07 Å². The molecule has 0 bridgehead atoms. The molecule has 1 amide bonds. The number of carboxylic acids is 1. The summed E-state index contributed by atoms with van der Waals surface area (Å²) < 4.78 is 5.27. The maximum absolute atomic E-state index is 11.9. The summed E-state index contributed by atoms with van der Waals surface area (Å²) in [5.41, 5.74) is 0. The summed E-state index contributed by atoms with van der Waals surface area (Å²) in [6.45, 7) is 0.855. The molecular formula is C14H17NO5. The van der Waals surface area contributed by atoms with E-state index >= 15 is 0 Å². The van der Waals surface area contributed by atoms with Crippen LogP contribution < -0.4 is 4.74 Å². The van der Waals surface area contributed by atoms with Gasteiger partial charge in [-0.25, -0.2) is 0 Å². The van der Waals surface area contributed by atoms with Gasteiger partial charge >= 0.3 is 5.97 Å². The van der Waals surface area contributed by atoms with Crippen LogP contribution in [0.4, 0.5) is 0 Å². The zero-order valence-electron chi connectivity index (χ0n) is 11.0. The van der Waals surface area contributed by atoms with Gasteiger partial charge < -0.3 is 19.8 Å². The molecule has 1 atom stereocenters. The fraction of sp³-hybridized carbons (Fsp3) is 0.429. The lowest BCUT2D eigenvalue weighted by Crippen LogP contribution is -2.33. The number of likely N-dealkylation sites (tertiary alicyclic amines) is 1. The van der Waals surface area contributed by atoms with Crippen LogP contribution in [0.2, 0.25) is 0 Å². The Morgan fingerprint density at radius 3 is 2.80 bits per heavy atom. The van der Waals surface area contributed by atoms with Crippen molar-refractivity contribution >= 4 is 11.9 Å². The maximum Gasteiger partial charge on any atom is 0.303 e. The molecule has 0 radical (unpaired) electrons. The number of hydrogen-bond acceptors (Lipinski definition) is 4. The van der Waals surface area contributed by atoms with Crippen molar-refractivity contribution < 1.29 is 24.5 Å². The molecule has 0 aliphatic carbocycles. The first kappa shape index (κ1) is 14.2. The number of phenols is 1. The molecule has 0 spiro atoms. The predicted octanol–water partition coefficient (Wildman–Crippen LogP) is 1.09. The van der Waals surface area contributed by atoms with Gasteiger partial charge in [0.25, 0.3) is 5.91 Å². The standard InChI is InChI=1S/C14H17NO5/c16-11-3-1-2-4-12(11)20-9-13(17)15-6-5-10(8-15)7-14(18)19/h1-4,10,16H,5-9H2,(H,18,19). The molecule has 1 heterocycles. The van der Waals surface area contributed by atoms with Crippen molar-refractivity contribution in [3.63, 3.8) is 0 Å². The maximum atomic E-state index is 11.9. The molecule has 6 heteroatoms. The fourth-order valence-electron chi connectivity index (χ4n) is 2.28. The molecule has 1 aromatic carbocycles. The number of ether oxygens (including phenoxy) is 1. The smallest absolute Gasteiger partial charge is 0.303 e. The van der Waals surface area contributed by atoms with Crippen LogP contribution in [0.1, 0.15) is 12.8 Å². The molecule has 0 aromatic heterocycles. The molecule has 1 saturated heterocycles. The van der Waals surface area contributed by atoms with E-state index in [-0.39, 0.29) is 36.4 Å². The topological polar surface area (TPSA) is 87.1 Å². The average molecular weight is 279 g/mol. The second-order valence-corrected chi connectivity index (χ2v) is 4.85. The summed E-state index contributed by atoms with van der Waals surface area (Å²) in [6.07, 6.45) is 0.790. The first-order chi connectivity index (χ1) is 9.56. The fourth-order valence-corrected chi connectivity index (χ4v) is 2.28. The van der Waals surface area contributed by atoms with E-state index in [0.717, 1.165) is 0 Å². The zero-order chi connectivity index (χ0) is 14.5. The van der Waals surface area contributed by atoms with Gasteiger partial charge in [-0.2, -0.15) is 0 Å². The molecule has 0 saturated carbocycles. The Morgan fingerprint density at radius 1 is 1.35 bits per heavy atom. The zero-order valence-corrected chi connectivity index (χ0v) is 11.0. The lowest BCUT2D eigenvalue weighted by molar-refractivity contribution is -0.138. The number of phenolic OH excluding ortho intramolecular Hbond substituents is 1. The average Bonchev–Trinajstić information content (AvgIpc) is 2.85. The number of aliphatic carboxylic acids is 1. The highest BCUT2D eigenvalue weighted by Gasteiger charge is 2.27. The summed E-state index contributed by atoms with van der Waals surface area (Å²) in [5.74, 6) is -0.759. The van der Waals surface area contributed by atoms with E-state index in [2.05, 4.69) is 0 Å². The number of carbonyl (C=O) groups is 2. The Labute approximate surface area is 116 Å². The van der Waals surface area contributed by atoms with E-state index in [0.29, 0.717) is 19.5 Å². The number of nitrogens with zero attached hydrogens (tertiary/aromatic N) is 1. The minimum absolute atomic E-state index is 0.00882. The van der Waals surface area contributed by atoms with Crippen molar-refractivity contribution in [3.8, 4) is 11.5 Å². The summed E-state index contributed by atoms with van der Waals surface area (Å²) in [4.78, 5) is 24.2. The number of para-hydroxylation sites is 2. The molecule has 1 aliphatic rings. The van der Waals surface area contributed by atoms with E-state index in [4.69, 9.17) is 9.84 Å². The van der Waals surface area contributed by atoms with Gasteiger partial charge in [-0.1, -0.05) is 12.1 Å². The monoisotopic (exact) mass is 279 g/mol. The Hall–Kier alpha value is -2.24. The SMILES string of the molecule is O=C(O)CC1CCN(C(=O)COc2ccccc2O)C1. The quantitative estimate of drug-likeness (QED) is 0.842. The number of carbonyl (C=O) groups excluding carboxylic acids is 1. The van der Waals surface area contributed by atoms with Crippen molar-refractivity contribution in [3.05, 3.63) is 24.3 Å². The highest BCUT2D eigenvalue weighted by atomic mass is 16.5. The van der Waals surface area contributed by atoms with Crippen LogP contribution in [0.15, 0.2) is 24.3 Å². The van der Waals surface area contributed by atoms with E-state index in [9.17, 15) is 14.7 Å². The van der Waals surface area contributed by atoms with Crippen LogP contribution in [0.3, 0.4) is 0 Å². The molecule has 2 N–H and O–H groups in total. The Balaban J connectivity index is 1.81. The van der Waals surface area contributed by atoms with Crippen molar-refractivity contribution in [1.29, 1.82) is 0 Å². The van der Waals surface area contributed by atoms with Crippen LogP contribution in [0.5, 0.6) is 11.5 Å². The largest absolute Gasteiger partial charge is 0.504 e. The highest BCUT2D eigenvalue weighted by molar-refractivity contribution is 5.78. The van der Waals surface area contributed by atoms with Crippen molar-refractivity contribution in [1.82, 2.24) is 4.90 Å². The number of rotatable bonds is 5. The summed E-state index contributed by atoms with van der Waals surface area (Å²) >= 11 is 0. The van der Waals surface area contributed by atoms with Gasteiger partial charge in [-0.3, -0.25) is 9.59 Å². The number of amides is 1. The van der Waals surface area contributed by atoms with Crippen molar-refractivity contribution in [2.24, 2.45) is 5.92 Å². The van der Waals surface area contributed by atoms with Gasteiger partial charge in [0.15, 0.2) is 18.1 Å². The minimum atomic E-state index is -0.838. The Kier molecular flexibility index (Phi) is 4.45. The third-order valence-electron chi connectivity index (χ3n) is 3.32. The normalized spacial score (nSPS) is 18.0. The summed E-state index contributed by atoms with van der Waals surface area (Å²) in [6, 6.07) is 6.44. The van der Waals surface area contributed by atoms with Gasteiger partial charge in [0.2, 0.25) is 0 Å². The third kappa shape index (κ3) is 3.63. The number of hydrogen-bond donors (Lipinski definition) is 2. The van der Waals surface area contributed by atoms with Gasteiger partial charge in [-0.05, 0) is 24.5 Å². The molecule has 1 aromatic rings. The first-order valence-corrected chi connectivity index (χ1v) is 6.46. The van der Waals surface area contributed by atoms with Gasteiger partial charge in [0, 0.05) is 19.5 Å². The molecule has 20 heavy (non-hydrogen) atoms. The van der Waals surface area contributed by atoms with Crippen LogP contribution >= 0.6 is 0 Å². The lowest BCUT2D eigenvalue weighted by atomic mass is 10.1. The molecule has 1 aliphatic heterocycles. The second-order valence-electron chi connectivity index (χ2n) is 4.85. The Bertz CT molecular complexity index is 502. The van der Waals surface area contributed by atoms with Gasteiger partial charge in [0.1, 0.15) is 0 Å². The van der Waals surface area contributed by atoms with Crippen LogP contribution in [-0.2, 0) is 9.59 Å².